The fourth-order valence-corrected chi connectivity index (χ4v) is 2.48. The summed E-state index contributed by atoms with van der Waals surface area (Å²) in [6.45, 7) is 6.94. The minimum Gasteiger partial charge on any atom is -0.493 e. The van der Waals surface area contributed by atoms with E-state index in [9.17, 15) is 4.79 Å². The molecular weight excluding hydrogens is 224 g/mol. The second-order valence-electron chi connectivity index (χ2n) is 5.63. The Morgan fingerprint density at radius 2 is 2.11 bits per heavy atom. The van der Waals surface area contributed by atoms with E-state index in [2.05, 4.69) is 26.8 Å². The maximum absolute atomic E-state index is 12.3. The van der Waals surface area contributed by atoms with Gasteiger partial charge in [0.25, 0.3) is 0 Å². The SMILES string of the molecule is Cc1cc2c(c(C(=O)CC(C)C)c1)OCCCC2. The summed E-state index contributed by atoms with van der Waals surface area (Å²) < 4.78 is 5.82. The lowest BCUT2D eigenvalue weighted by Gasteiger charge is -2.14. The first-order valence-corrected chi connectivity index (χ1v) is 6.87. The van der Waals surface area contributed by atoms with Gasteiger partial charge in [0.1, 0.15) is 5.75 Å². The van der Waals surface area contributed by atoms with Crippen LogP contribution in [-0.4, -0.2) is 12.4 Å². The smallest absolute Gasteiger partial charge is 0.166 e. The van der Waals surface area contributed by atoms with Gasteiger partial charge in [-0.25, -0.2) is 0 Å². The van der Waals surface area contributed by atoms with E-state index in [-0.39, 0.29) is 5.78 Å². The number of Topliss-reactive ketones (excluding diaryl/α,β-unsaturated/α-hetero) is 1. The quantitative estimate of drug-likeness (QED) is 0.755. The number of carbonyl (C=O) groups is 1. The molecule has 0 saturated heterocycles. The van der Waals surface area contributed by atoms with Crippen LogP contribution in [0.3, 0.4) is 0 Å². The fourth-order valence-electron chi connectivity index (χ4n) is 2.48. The molecule has 0 saturated carbocycles. The molecule has 1 aromatic carbocycles. The summed E-state index contributed by atoms with van der Waals surface area (Å²) in [5.74, 6) is 1.45. The van der Waals surface area contributed by atoms with Crippen molar-refractivity contribution in [3.63, 3.8) is 0 Å². The summed E-state index contributed by atoms with van der Waals surface area (Å²) in [6, 6.07) is 4.14. The van der Waals surface area contributed by atoms with Crippen molar-refractivity contribution >= 4 is 5.78 Å². The predicted molar refractivity (Wildman–Crippen MR) is 73.4 cm³/mol. The average molecular weight is 246 g/mol. The summed E-state index contributed by atoms with van der Waals surface area (Å²) in [4.78, 5) is 12.3. The molecule has 0 spiro atoms. The van der Waals surface area contributed by atoms with Crippen LogP contribution in [0.4, 0.5) is 0 Å². The fraction of sp³-hybridized carbons (Fsp3) is 0.562. The summed E-state index contributed by atoms with van der Waals surface area (Å²) in [7, 11) is 0. The van der Waals surface area contributed by atoms with Crippen LogP contribution in [0.2, 0.25) is 0 Å². The molecule has 18 heavy (non-hydrogen) atoms. The first-order chi connectivity index (χ1) is 8.58. The number of hydrogen-bond donors (Lipinski definition) is 0. The Balaban J connectivity index is 2.39. The number of ether oxygens (including phenoxy) is 1. The third-order valence-electron chi connectivity index (χ3n) is 3.29. The van der Waals surface area contributed by atoms with Gasteiger partial charge in [-0.2, -0.15) is 0 Å². The number of hydrogen-bond acceptors (Lipinski definition) is 2. The summed E-state index contributed by atoms with van der Waals surface area (Å²) >= 11 is 0. The largest absolute Gasteiger partial charge is 0.493 e. The third-order valence-corrected chi connectivity index (χ3v) is 3.29. The predicted octanol–water partition coefficient (Wildman–Crippen LogP) is 3.94. The summed E-state index contributed by atoms with van der Waals surface area (Å²) in [6.07, 6.45) is 3.85. The molecular formula is C16H22O2. The maximum Gasteiger partial charge on any atom is 0.166 e. The van der Waals surface area contributed by atoms with Gasteiger partial charge in [0, 0.05) is 6.42 Å². The zero-order valence-electron chi connectivity index (χ0n) is 11.6. The van der Waals surface area contributed by atoms with E-state index >= 15 is 0 Å². The topological polar surface area (TPSA) is 26.3 Å². The van der Waals surface area contributed by atoms with Gasteiger partial charge < -0.3 is 4.74 Å². The van der Waals surface area contributed by atoms with Crippen LogP contribution in [0.25, 0.3) is 0 Å². The van der Waals surface area contributed by atoms with Gasteiger partial charge >= 0.3 is 0 Å². The Labute approximate surface area is 109 Å². The van der Waals surface area contributed by atoms with E-state index in [1.807, 2.05) is 6.07 Å². The summed E-state index contributed by atoms with van der Waals surface area (Å²) in [5, 5.41) is 0. The van der Waals surface area contributed by atoms with Crippen LogP contribution in [0, 0.1) is 12.8 Å². The van der Waals surface area contributed by atoms with Crippen LogP contribution < -0.4 is 4.74 Å². The highest BCUT2D eigenvalue weighted by Gasteiger charge is 2.19. The Morgan fingerprint density at radius 1 is 1.33 bits per heavy atom. The van der Waals surface area contributed by atoms with Gasteiger partial charge in [-0.3, -0.25) is 4.79 Å². The number of rotatable bonds is 3. The molecule has 1 heterocycles. The van der Waals surface area contributed by atoms with Crippen LogP contribution in [0.1, 0.15) is 54.6 Å². The number of ketones is 1. The molecule has 0 bridgehead atoms. The third kappa shape index (κ3) is 2.92. The van der Waals surface area contributed by atoms with Crippen molar-refractivity contribution < 1.29 is 9.53 Å². The molecule has 2 nitrogen and oxygen atoms in total. The lowest BCUT2D eigenvalue weighted by molar-refractivity contribution is 0.0963. The lowest BCUT2D eigenvalue weighted by Crippen LogP contribution is -2.08. The molecule has 1 aliphatic rings. The Kier molecular flexibility index (Phi) is 4.05. The van der Waals surface area contributed by atoms with Crippen molar-refractivity contribution in [2.24, 2.45) is 5.92 Å². The van der Waals surface area contributed by atoms with Gasteiger partial charge in [-0.15, -0.1) is 0 Å². The van der Waals surface area contributed by atoms with Crippen LogP contribution in [-0.2, 0) is 6.42 Å². The van der Waals surface area contributed by atoms with Gasteiger partial charge in [0.15, 0.2) is 5.78 Å². The Morgan fingerprint density at radius 3 is 2.83 bits per heavy atom. The second kappa shape index (κ2) is 5.55. The highest BCUT2D eigenvalue weighted by Crippen LogP contribution is 2.31. The highest BCUT2D eigenvalue weighted by molar-refractivity contribution is 5.99. The molecule has 98 valence electrons. The van der Waals surface area contributed by atoms with Crippen molar-refractivity contribution in [1.82, 2.24) is 0 Å². The zero-order chi connectivity index (χ0) is 13.1. The molecule has 0 aromatic heterocycles. The first kappa shape index (κ1) is 13.1. The minimum atomic E-state index is 0.215. The van der Waals surface area contributed by atoms with Gasteiger partial charge in [-0.1, -0.05) is 19.9 Å². The van der Waals surface area contributed by atoms with Crippen LogP contribution >= 0.6 is 0 Å². The number of fused-ring (bicyclic) bond motifs is 1. The minimum absolute atomic E-state index is 0.215. The normalized spacial score (nSPS) is 14.9. The summed E-state index contributed by atoms with van der Waals surface area (Å²) in [5.41, 5.74) is 3.16. The van der Waals surface area contributed by atoms with Crippen molar-refractivity contribution in [3.05, 3.63) is 28.8 Å². The molecule has 0 amide bonds. The van der Waals surface area contributed by atoms with Crippen LogP contribution in [0.5, 0.6) is 5.75 Å². The van der Waals surface area contributed by atoms with Gasteiger partial charge in [-0.05, 0) is 49.3 Å². The van der Waals surface area contributed by atoms with E-state index < -0.39 is 0 Å². The van der Waals surface area contributed by atoms with Crippen molar-refractivity contribution in [2.75, 3.05) is 6.61 Å². The number of aryl methyl sites for hydroxylation is 2. The molecule has 0 N–H and O–H groups in total. The molecule has 0 aliphatic carbocycles. The standard InChI is InChI=1S/C16H22O2/c1-11(2)8-15(17)14-10-12(3)9-13-6-4-5-7-18-16(13)14/h9-11H,4-8H2,1-3H3. The number of benzene rings is 1. The van der Waals surface area contributed by atoms with E-state index in [4.69, 9.17) is 4.74 Å². The first-order valence-electron chi connectivity index (χ1n) is 6.87. The van der Waals surface area contributed by atoms with E-state index in [0.717, 1.165) is 42.7 Å². The molecule has 2 heteroatoms. The van der Waals surface area contributed by atoms with Gasteiger partial charge in [0.2, 0.25) is 0 Å². The Hall–Kier alpha value is -1.31. The molecule has 0 atom stereocenters. The second-order valence-corrected chi connectivity index (χ2v) is 5.63. The van der Waals surface area contributed by atoms with E-state index in [0.29, 0.717) is 12.3 Å². The zero-order valence-corrected chi connectivity index (χ0v) is 11.6. The Bertz CT molecular complexity index is 447. The molecule has 1 aliphatic heterocycles. The highest BCUT2D eigenvalue weighted by atomic mass is 16.5. The van der Waals surface area contributed by atoms with Gasteiger partial charge in [0.05, 0.1) is 12.2 Å². The van der Waals surface area contributed by atoms with Crippen molar-refractivity contribution in [3.8, 4) is 5.75 Å². The molecule has 0 unspecified atom stereocenters. The average Bonchev–Trinajstić information content (AvgIpc) is 2.51. The maximum atomic E-state index is 12.3. The molecule has 2 rings (SSSR count). The molecule has 0 fully saturated rings. The molecule has 1 aromatic rings. The monoisotopic (exact) mass is 246 g/mol. The van der Waals surface area contributed by atoms with Crippen LogP contribution in [0.15, 0.2) is 12.1 Å². The van der Waals surface area contributed by atoms with Crippen molar-refractivity contribution in [1.29, 1.82) is 0 Å². The van der Waals surface area contributed by atoms with Crippen molar-refractivity contribution in [2.45, 2.75) is 46.5 Å². The number of carbonyl (C=O) groups excluding carboxylic acids is 1. The van der Waals surface area contributed by atoms with E-state index in [1.165, 1.54) is 5.56 Å². The van der Waals surface area contributed by atoms with E-state index in [1.54, 1.807) is 0 Å². The molecule has 0 radical (unpaired) electrons. The lowest BCUT2D eigenvalue weighted by atomic mass is 9.95.